The summed E-state index contributed by atoms with van der Waals surface area (Å²) in [7, 11) is 1.87. The first-order valence-corrected chi connectivity index (χ1v) is 4.82. The number of rotatable bonds is 4. The Balaban J connectivity index is 2.79. The van der Waals surface area contributed by atoms with Gasteiger partial charge in [0.05, 0.1) is 11.8 Å². The van der Waals surface area contributed by atoms with E-state index in [0.717, 1.165) is 24.2 Å². The van der Waals surface area contributed by atoms with Gasteiger partial charge < -0.3 is 0 Å². The highest BCUT2D eigenvalue weighted by molar-refractivity contribution is 5.25. The van der Waals surface area contributed by atoms with E-state index >= 15 is 0 Å². The predicted molar refractivity (Wildman–Crippen MR) is 54.6 cm³/mol. The molecule has 0 spiro atoms. The Morgan fingerprint density at radius 1 is 1.71 bits per heavy atom. The summed E-state index contributed by atoms with van der Waals surface area (Å²) in [4.78, 5) is 0. The molecular formula is C10H16N4. The van der Waals surface area contributed by atoms with Crippen molar-refractivity contribution in [2.45, 2.75) is 26.3 Å². The van der Waals surface area contributed by atoms with Gasteiger partial charge in [-0.2, -0.15) is 10.4 Å². The quantitative estimate of drug-likeness (QED) is 0.782. The van der Waals surface area contributed by atoms with Gasteiger partial charge in [0, 0.05) is 18.8 Å². The van der Waals surface area contributed by atoms with Crippen LogP contribution >= 0.6 is 0 Å². The minimum Gasteiger partial charge on any atom is -0.298 e. The van der Waals surface area contributed by atoms with Crippen LogP contribution in [-0.2, 0) is 7.05 Å². The van der Waals surface area contributed by atoms with Crippen LogP contribution in [0.5, 0.6) is 0 Å². The monoisotopic (exact) mass is 192 g/mol. The first-order chi connectivity index (χ1) is 6.69. The number of nitrogens with zero attached hydrogens (tertiary/aromatic N) is 3. The zero-order valence-corrected chi connectivity index (χ0v) is 8.91. The van der Waals surface area contributed by atoms with Crippen LogP contribution in [0.15, 0.2) is 6.20 Å². The Morgan fingerprint density at radius 3 is 2.86 bits per heavy atom. The lowest BCUT2D eigenvalue weighted by molar-refractivity contribution is 0.618. The Hall–Kier alpha value is -1.34. The fourth-order valence-electron chi connectivity index (χ4n) is 1.42. The van der Waals surface area contributed by atoms with Gasteiger partial charge in [-0.3, -0.25) is 10.00 Å². The normalized spacial score (nSPS) is 12.4. The maximum Gasteiger partial charge on any atom is 0.124 e. The maximum absolute atomic E-state index is 8.99. The highest BCUT2D eigenvalue weighted by atomic mass is 15.3. The van der Waals surface area contributed by atoms with Gasteiger partial charge in [-0.1, -0.05) is 6.92 Å². The van der Waals surface area contributed by atoms with Crippen molar-refractivity contribution in [3.8, 4) is 6.07 Å². The van der Waals surface area contributed by atoms with Gasteiger partial charge in [0.2, 0.25) is 0 Å². The van der Waals surface area contributed by atoms with Crippen molar-refractivity contribution >= 4 is 0 Å². The van der Waals surface area contributed by atoms with Gasteiger partial charge in [-0.05, 0) is 19.9 Å². The van der Waals surface area contributed by atoms with E-state index < -0.39 is 0 Å². The average Bonchev–Trinajstić information content (AvgIpc) is 2.47. The van der Waals surface area contributed by atoms with Crippen molar-refractivity contribution in [2.24, 2.45) is 7.05 Å². The van der Waals surface area contributed by atoms with Crippen LogP contribution in [0.4, 0.5) is 0 Å². The number of nitrogens with one attached hydrogen (secondary N) is 1. The summed E-state index contributed by atoms with van der Waals surface area (Å²) >= 11 is 0. The van der Waals surface area contributed by atoms with Crippen LogP contribution in [-0.4, -0.2) is 16.3 Å². The highest BCUT2D eigenvalue weighted by Crippen LogP contribution is 2.14. The summed E-state index contributed by atoms with van der Waals surface area (Å²) < 4.78 is 1.74. The molecule has 4 heteroatoms. The average molecular weight is 192 g/mol. The van der Waals surface area contributed by atoms with Crippen molar-refractivity contribution in [3.63, 3.8) is 0 Å². The van der Waals surface area contributed by atoms with Crippen LogP contribution in [0.3, 0.4) is 0 Å². The summed E-state index contributed by atoms with van der Waals surface area (Å²) in [6, 6.07) is 2.01. The molecule has 0 aromatic carbocycles. The molecule has 0 aliphatic rings. The van der Waals surface area contributed by atoms with Gasteiger partial charge in [-0.15, -0.1) is 0 Å². The third-order valence-electron chi connectivity index (χ3n) is 2.09. The lowest BCUT2D eigenvalue weighted by Crippen LogP contribution is -2.20. The van der Waals surface area contributed by atoms with E-state index in [1.165, 1.54) is 0 Å². The first-order valence-electron chi connectivity index (χ1n) is 4.82. The standard InChI is InChI=1S/C10H16N4/c1-4-5-12-10(6-11)9-7-14(3)13-8(9)2/h7,10,12H,4-5H2,1-3H3. The fourth-order valence-corrected chi connectivity index (χ4v) is 1.42. The molecule has 1 unspecified atom stereocenters. The Labute approximate surface area is 84.5 Å². The van der Waals surface area contributed by atoms with Gasteiger partial charge in [0.25, 0.3) is 0 Å². The van der Waals surface area contributed by atoms with Crippen LogP contribution in [0.25, 0.3) is 0 Å². The fraction of sp³-hybridized carbons (Fsp3) is 0.600. The van der Waals surface area contributed by atoms with E-state index in [-0.39, 0.29) is 6.04 Å². The number of aromatic nitrogens is 2. The molecule has 0 saturated carbocycles. The molecule has 14 heavy (non-hydrogen) atoms. The summed E-state index contributed by atoms with van der Waals surface area (Å²) in [5, 5.41) is 16.4. The Morgan fingerprint density at radius 2 is 2.43 bits per heavy atom. The van der Waals surface area contributed by atoms with Gasteiger partial charge in [-0.25, -0.2) is 0 Å². The second-order valence-corrected chi connectivity index (χ2v) is 3.36. The summed E-state index contributed by atoms with van der Waals surface area (Å²) in [6.45, 7) is 4.86. The molecule has 0 amide bonds. The Bertz CT molecular complexity index is 334. The van der Waals surface area contributed by atoms with Crippen molar-refractivity contribution in [3.05, 3.63) is 17.5 Å². The SMILES string of the molecule is CCCNC(C#N)c1cn(C)nc1C. The van der Waals surface area contributed by atoms with Gasteiger partial charge >= 0.3 is 0 Å². The highest BCUT2D eigenvalue weighted by Gasteiger charge is 2.14. The molecule has 0 saturated heterocycles. The molecule has 1 N–H and O–H groups in total. The van der Waals surface area contributed by atoms with Crippen molar-refractivity contribution in [1.29, 1.82) is 5.26 Å². The van der Waals surface area contributed by atoms with Crippen molar-refractivity contribution in [1.82, 2.24) is 15.1 Å². The van der Waals surface area contributed by atoms with E-state index in [2.05, 4.69) is 23.4 Å². The molecule has 1 aromatic heterocycles. The van der Waals surface area contributed by atoms with Gasteiger partial charge in [0.1, 0.15) is 6.04 Å². The zero-order valence-electron chi connectivity index (χ0n) is 8.91. The minimum atomic E-state index is -0.233. The number of hydrogen-bond donors (Lipinski definition) is 1. The predicted octanol–water partition coefficient (Wildman–Crippen LogP) is 1.29. The molecule has 1 heterocycles. The summed E-state index contributed by atoms with van der Waals surface area (Å²) in [5.41, 5.74) is 1.89. The van der Waals surface area contributed by atoms with Crippen LogP contribution < -0.4 is 5.32 Å². The molecule has 1 rings (SSSR count). The molecule has 0 aliphatic heterocycles. The van der Waals surface area contributed by atoms with Crippen molar-refractivity contribution in [2.75, 3.05) is 6.54 Å². The molecule has 0 bridgehead atoms. The minimum absolute atomic E-state index is 0.233. The second-order valence-electron chi connectivity index (χ2n) is 3.36. The second kappa shape index (κ2) is 4.77. The van der Waals surface area contributed by atoms with E-state index in [0.29, 0.717) is 0 Å². The molecule has 4 nitrogen and oxygen atoms in total. The first kappa shape index (κ1) is 10.7. The molecule has 1 aromatic rings. The van der Waals surface area contributed by atoms with Crippen LogP contribution in [0.1, 0.15) is 30.6 Å². The number of aryl methyl sites for hydroxylation is 2. The largest absolute Gasteiger partial charge is 0.298 e. The van der Waals surface area contributed by atoms with Crippen LogP contribution in [0, 0.1) is 18.3 Å². The lowest BCUT2D eigenvalue weighted by Gasteiger charge is -2.08. The molecular weight excluding hydrogens is 176 g/mol. The Kier molecular flexibility index (Phi) is 3.66. The van der Waals surface area contributed by atoms with E-state index in [4.69, 9.17) is 5.26 Å². The molecule has 76 valence electrons. The molecule has 0 fully saturated rings. The topological polar surface area (TPSA) is 53.6 Å². The molecule has 0 radical (unpaired) electrons. The van der Waals surface area contributed by atoms with E-state index in [1.807, 2.05) is 20.2 Å². The third kappa shape index (κ3) is 2.33. The van der Waals surface area contributed by atoms with Gasteiger partial charge in [0.15, 0.2) is 0 Å². The molecule has 0 aliphatic carbocycles. The third-order valence-corrected chi connectivity index (χ3v) is 2.09. The van der Waals surface area contributed by atoms with Crippen molar-refractivity contribution < 1.29 is 0 Å². The summed E-state index contributed by atoms with van der Waals surface area (Å²) in [5.74, 6) is 0. The summed E-state index contributed by atoms with van der Waals surface area (Å²) in [6.07, 6.45) is 2.92. The smallest absolute Gasteiger partial charge is 0.124 e. The zero-order chi connectivity index (χ0) is 10.6. The lowest BCUT2D eigenvalue weighted by atomic mass is 10.1. The van der Waals surface area contributed by atoms with E-state index in [9.17, 15) is 0 Å². The number of hydrogen-bond acceptors (Lipinski definition) is 3. The van der Waals surface area contributed by atoms with Crippen LogP contribution in [0.2, 0.25) is 0 Å². The maximum atomic E-state index is 8.99. The molecule has 1 atom stereocenters. The number of nitriles is 1. The van der Waals surface area contributed by atoms with E-state index in [1.54, 1.807) is 4.68 Å².